The van der Waals surface area contributed by atoms with Crippen LogP contribution in [-0.2, 0) is 6.54 Å². The minimum atomic E-state index is -0.239. The number of carbonyl (C=O) groups excluding carboxylic acids is 1. The Hall–Kier alpha value is -3.15. The van der Waals surface area contributed by atoms with Gasteiger partial charge in [-0.1, -0.05) is 47.6 Å². The molecule has 0 bridgehead atoms. The maximum absolute atomic E-state index is 12.2. The Labute approximate surface area is 140 Å². The van der Waals surface area contributed by atoms with E-state index in [1.165, 1.54) is 4.90 Å². The molecular formula is C18H18N4O2. The average Bonchev–Trinajstić information content (AvgIpc) is 3.04. The largest absolute Gasteiger partial charge is 0.337 e. The summed E-state index contributed by atoms with van der Waals surface area (Å²) in [5.41, 5.74) is 2.73. The molecule has 0 saturated carbocycles. The van der Waals surface area contributed by atoms with Crippen LogP contribution in [0.3, 0.4) is 0 Å². The molecule has 3 aromatic rings. The Morgan fingerprint density at radius 2 is 1.83 bits per heavy atom. The molecule has 2 amide bonds. The molecule has 122 valence electrons. The number of anilines is 1. The summed E-state index contributed by atoms with van der Waals surface area (Å²) in [5.74, 6) is 0.916. The van der Waals surface area contributed by atoms with Crippen molar-refractivity contribution in [1.82, 2.24) is 15.0 Å². The fraction of sp³-hybridized carbons (Fsp3) is 0.167. The molecule has 0 radical (unpaired) electrons. The van der Waals surface area contributed by atoms with Crippen molar-refractivity contribution in [2.24, 2.45) is 0 Å². The van der Waals surface area contributed by atoms with Gasteiger partial charge in [-0.3, -0.25) is 0 Å². The third-order valence-corrected chi connectivity index (χ3v) is 3.60. The third-order valence-electron chi connectivity index (χ3n) is 3.60. The monoisotopic (exact) mass is 322 g/mol. The van der Waals surface area contributed by atoms with Gasteiger partial charge in [0.05, 0.1) is 0 Å². The number of para-hydroxylation sites is 1. The van der Waals surface area contributed by atoms with E-state index in [4.69, 9.17) is 4.52 Å². The minimum Gasteiger partial charge on any atom is -0.337 e. The van der Waals surface area contributed by atoms with Crippen molar-refractivity contribution in [2.45, 2.75) is 13.5 Å². The molecule has 0 aliphatic carbocycles. The number of aryl methyl sites for hydroxylation is 1. The third kappa shape index (κ3) is 3.60. The van der Waals surface area contributed by atoms with Crippen LogP contribution in [0.15, 0.2) is 59.1 Å². The fourth-order valence-electron chi connectivity index (χ4n) is 2.27. The highest BCUT2D eigenvalue weighted by molar-refractivity contribution is 5.88. The van der Waals surface area contributed by atoms with Gasteiger partial charge in [0.2, 0.25) is 11.7 Å². The lowest BCUT2D eigenvalue weighted by Gasteiger charge is -2.15. The van der Waals surface area contributed by atoms with E-state index in [2.05, 4.69) is 15.5 Å². The first-order valence-corrected chi connectivity index (χ1v) is 7.59. The summed E-state index contributed by atoms with van der Waals surface area (Å²) in [6.07, 6.45) is 0. The van der Waals surface area contributed by atoms with E-state index in [9.17, 15) is 4.79 Å². The van der Waals surface area contributed by atoms with Crippen molar-refractivity contribution in [3.05, 3.63) is 66.1 Å². The van der Waals surface area contributed by atoms with Crippen molar-refractivity contribution in [1.29, 1.82) is 0 Å². The number of amides is 2. The van der Waals surface area contributed by atoms with E-state index >= 15 is 0 Å². The zero-order valence-electron chi connectivity index (χ0n) is 13.6. The van der Waals surface area contributed by atoms with E-state index in [0.29, 0.717) is 11.7 Å². The average molecular weight is 322 g/mol. The Balaban J connectivity index is 1.66. The van der Waals surface area contributed by atoms with Crippen LogP contribution in [0.2, 0.25) is 0 Å². The SMILES string of the molecule is Cc1ccccc1-c1noc(CN(C)C(=O)Nc2ccccc2)n1. The second kappa shape index (κ2) is 6.95. The van der Waals surface area contributed by atoms with Gasteiger partial charge < -0.3 is 14.7 Å². The molecule has 6 nitrogen and oxygen atoms in total. The summed E-state index contributed by atoms with van der Waals surface area (Å²) in [6, 6.07) is 16.9. The number of nitrogens with zero attached hydrogens (tertiary/aromatic N) is 3. The molecule has 6 heteroatoms. The topological polar surface area (TPSA) is 71.3 Å². The number of urea groups is 1. The molecule has 0 saturated heterocycles. The highest BCUT2D eigenvalue weighted by Gasteiger charge is 2.15. The number of benzene rings is 2. The van der Waals surface area contributed by atoms with Crippen molar-refractivity contribution in [3.8, 4) is 11.4 Å². The van der Waals surface area contributed by atoms with Crippen LogP contribution in [0.25, 0.3) is 11.4 Å². The van der Waals surface area contributed by atoms with Crippen LogP contribution in [0, 0.1) is 6.92 Å². The molecule has 1 N–H and O–H groups in total. The van der Waals surface area contributed by atoms with Gasteiger partial charge in [-0.2, -0.15) is 4.98 Å². The second-order valence-electron chi connectivity index (χ2n) is 5.48. The van der Waals surface area contributed by atoms with Gasteiger partial charge in [-0.15, -0.1) is 0 Å². The molecule has 2 aromatic carbocycles. The van der Waals surface area contributed by atoms with E-state index in [-0.39, 0.29) is 12.6 Å². The lowest BCUT2D eigenvalue weighted by molar-refractivity contribution is 0.213. The van der Waals surface area contributed by atoms with Crippen LogP contribution in [0.4, 0.5) is 10.5 Å². The number of hydrogen-bond donors (Lipinski definition) is 1. The molecular weight excluding hydrogens is 304 g/mol. The number of aromatic nitrogens is 2. The zero-order chi connectivity index (χ0) is 16.9. The molecule has 0 spiro atoms. The fourth-order valence-corrected chi connectivity index (χ4v) is 2.27. The smallest absolute Gasteiger partial charge is 0.322 e. The maximum atomic E-state index is 12.2. The van der Waals surface area contributed by atoms with Crippen molar-refractivity contribution >= 4 is 11.7 Å². The lowest BCUT2D eigenvalue weighted by Crippen LogP contribution is -2.30. The first kappa shape index (κ1) is 15.7. The number of hydrogen-bond acceptors (Lipinski definition) is 4. The Morgan fingerprint density at radius 3 is 2.58 bits per heavy atom. The number of rotatable bonds is 4. The normalized spacial score (nSPS) is 10.4. The van der Waals surface area contributed by atoms with Gasteiger partial charge in [0.1, 0.15) is 6.54 Å². The molecule has 0 aliphatic heterocycles. The van der Waals surface area contributed by atoms with Crippen LogP contribution in [0.1, 0.15) is 11.5 Å². The van der Waals surface area contributed by atoms with Crippen LogP contribution in [0.5, 0.6) is 0 Å². The van der Waals surface area contributed by atoms with E-state index in [1.54, 1.807) is 7.05 Å². The molecule has 0 aliphatic rings. The van der Waals surface area contributed by atoms with Gasteiger partial charge in [-0.25, -0.2) is 4.79 Å². The quantitative estimate of drug-likeness (QED) is 0.795. The van der Waals surface area contributed by atoms with Gasteiger partial charge in [0, 0.05) is 18.3 Å². The summed E-state index contributed by atoms with van der Waals surface area (Å²) in [6.45, 7) is 2.22. The van der Waals surface area contributed by atoms with E-state index in [0.717, 1.165) is 16.8 Å². The maximum Gasteiger partial charge on any atom is 0.322 e. The summed E-state index contributed by atoms with van der Waals surface area (Å²) < 4.78 is 5.26. The summed E-state index contributed by atoms with van der Waals surface area (Å²) in [5, 5.41) is 6.81. The zero-order valence-corrected chi connectivity index (χ0v) is 13.6. The molecule has 0 fully saturated rings. The highest BCUT2D eigenvalue weighted by Crippen LogP contribution is 2.20. The molecule has 3 rings (SSSR count). The first-order chi connectivity index (χ1) is 11.6. The van der Waals surface area contributed by atoms with Gasteiger partial charge in [-0.05, 0) is 24.6 Å². The summed E-state index contributed by atoms with van der Waals surface area (Å²) >= 11 is 0. The molecule has 1 heterocycles. The Kier molecular flexibility index (Phi) is 4.56. The van der Waals surface area contributed by atoms with Crippen molar-refractivity contribution in [2.75, 3.05) is 12.4 Å². The van der Waals surface area contributed by atoms with E-state index < -0.39 is 0 Å². The van der Waals surface area contributed by atoms with Crippen LogP contribution >= 0.6 is 0 Å². The van der Waals surface area contributed by atoms with Crippen molar-refractivity contribution < 1.29 is 9.32 Å². The Bertz CT molecular complexity index is 830. The summed E-state index contributed by atoms with van der Waals surface area (Å²) in [7, 11) is 1.68. The minimum absolute atomic E-state index is 0.234. The van der Waals surface area contributed by atoms with Crippen molar-refractivity contribution in [3.63, 3.8) is 0 Å². The second-order valence-corrected chi connectivity index (χ2v) is 5.48. The highest BCUT2D eigenvalue weighted by atomic mass is 16.5. The number of carbonyl (C=O) groups is 1. The number of nitrogens with one attached hydrogen (secondary N) is 1. The van der Waals surface area contributed by atoms with Crippen LogP contribution < -0.4 is 5.32 Å². The first-order valence-electron chi connectivity index (χ1n) is 7.59. The standard InChI is InChI=1S/C18H18N4O2/c1-13-8-6-7-11-15(13)17-20-16(24-21-17)12-22(2)18(23)19-14-9-4-3-5-10-14/h3-11H,12H2,1-2H3,(H,19,23). The van der Waals surface area contributed by atoms with Gasteiger partial charge in [0.25, 0.3) is 0 Å². The van der Waals surface area contributed by atoms with Gasteiger partial charge in [0.15, 0.2) is 0 Å². The van der Waals surface area contributed by atoms with Crippen LogP contribution in [-0.4, -0.2) is 28.1 Å². The molecule has 1 aromatic heterocycles. The van der Waals surface area contributed by atoms with Gasteiger partial charge >= 0.3 is 6.03 Å². The van der Waals surface area contributed by atoms with E-state index in [1.807, 2.05) is 61.5 Å². The molecule has 0 atom stereocenters. The predicted molar refractivity (Wildman–Crippen MR) is 91.4 cm³/mol. The summed E-state index contributed by atoms with van der Waals surface area (Å²) in [4.78, 5) is 18.0. The lowest BCUT2D eigenvalue weighted by atomic mass is 10.1. The Morgan fingerprint density at radius 1 is 1.12 bits per heavy atom. The molecule has 0 unspecified atom stereocenters. The predicted octanol–water partition coefficient (Wildman–Crippen LogP) is 3.71. The molecule has 24 heavy (non-hydrogen) atoms.